The van der Waals surface area contributed by atoms with Crippen LogP contribution < -0.4 is 0 Å². The van der Waals surface area contributed by atoms with Gasteiger partial charge in [-0.05, 0) is 40.8 Å². The standard InChI is InChI=1S/C11H16FIO/c1-4-6-11(3,5-2)9-8(12)7-14-10(9)13/h7H,4-6H2,1-3H3. The number of furan rings is 1. The highest BCUT2D eigenvalue weighted by atomic mass is 127. The number of hydrogen-bond donors (Lipinski definition) is 0. The third-order valence-electron chi connectivity index (χ3n) is 2.89. The molecule has 0 fully saturated rings. The van der Waals surface area contributed by atoms with Crippen molar-refractivity contribution < 1.29 is 8.81 Å². The Morgan fingerprint density at radius 2 is 2.14 bits per heavy atom. The maximum absolute atomic E-state index is 13.5. The van der Waals surface area contributed by atoms with Crippen LogP contribution in [0.15, 0.2) is 10.7 Å². The van der Waals surface area contributed by atoms with Gasteiger partial charge in [0, 0.05) is 5.56 Å². The van der Waals surface area contributed by atoms with Gasteiger partial charge in [0.2, 0.25) is 0 Å². The molecular formula is C11H16FIO. The quantitative estimate of drug-likeness (QED) is 0.747. The highest BCUT2D eigenvalue weighted by Gasteiger charge is 2.31. The molecule has 0 aromatic carbocycles. The van der Waals surface area contributed by atoms with Crippen molar-refractivity contribution >= 4 is 22.6 Å². The van der Waals surface area contributed by atoms with Crippen molar-refractivity contribution in [2.75, 3.05) is 0 Å². The molecule has 1 atom stereocenters. The first-order valence-electron chi connectivity index (χ1n) is 4.98. The van der Waals surface area contributed by atoms with Gasteiger partial charge >= 0.3 is 0 Å². The fourth-order valence-electron chi connectivity index (χ4n) is 1.87. The Kier molecular flexibility index (Phi) is 3.98. The monoisotopic (exact) mass is 310 g/mol. The predicted octanol–water partition coefficient (Wildman–Crippen LogP) is 4.49. The third kappa shape index (κ3) is 2.12. The van der Waals surface area contributed by atoms with Crippen molar-refractivity contribution in [1.82, 2.24) is 0 Å². The minimum absolute atomic E-state index is 0.0810. The van der Waals surface area contributed by atoms with Crippen molar-refractivity contribution in [2.24, 2.45) is 0 Å². The zero-order chi connectivity index (χ0) is 10.8. The minimum Gasteiger partial charge on any atom is -0.455 e. The van der Waals surface area contributed by atoms with Crippen molar-refractivity contribution in [3.05, 3.63) is 21.4 Å². The van der Waals surface area contributed by atoms with Crippen LogP contribution in [0.1, 0.15) is 45.6 Å². The van der Waals surface area contributed by atoms with Crippen LogP contribution in [-0.4, -0.2) is 0 Å². The topological polar surface area (TPSA) is 13.1 Å². The van der Waals surface area contributed by atoms with Gasteiger partial charge in [0.25, 0.3) is 0 Å². The molecule has 1 aromatic rings. The Hall–Kier alpha value is -0.0600. The fraction of sp³-hybridized carbons (Fsp3) is 0.636. The van der Waals surface area contributed by atoms with E-state index in [1.165, 1.54) is 6.26 Å². The predicted molar refractivity (Wildman–Crippen MR) is 63.9 cm³/mol. The summed E-state index contributed by atoms with van der Waals surface area (Å²) < 4.78 is 19.3. The molecule has 0 spiro atoms. The first-order valence-corrected chi connectivity index (χ1v) is 6.06. The van der Waals surface area contributed by atoms with E-state index < -0.39 is 0 Å². The average Bonchev–Trinajstić information content (AvgIpc) is 2.47. The normalized spacial score (nSPS) is 15.5. The van der Waals surface area contributed by atoms with E-state index in [9.17, 15) is 4.39 Å². The summed E-state index contributed by atoms with van der Waals surface area (Å²) in [5.41, 5.74) is 0.671. The van der Waals surface area contributed by atoms with Gasteiger partial charge in [-0.15, -0.1) is 0 Å². The van der Waals surface area contributed by atoms with Gasteiger partial charge in [-0.2, -0.15) is 0 Å². The molecule has 0 aliphatic rings. The molecule has 1 heterocycles. The molecule has 1 aromatic heterocycles. The van der Waals surface area contributed by atoms with Crippen LogP contribution in [0.25, 0.3) is 0 Å². The lowest BCUT2D eigenvalue weighted by atomic mass is 9.77. The number of rotatable bonds is 4. The molecule has 14 heavy (non-hydrogen) atoms. The van der Waals surface area contributed by atoms with E-state index in [0.717, 1.165) is 24.8 Å². The Bertz CT molecular complexity index is 289. The molecule has 1 rings (SSSR count). The van der Waals surface area contributed by atoms with Crippen LogP contribution in [-0.2, 0) is 5.41 Å². The molecule has 1 nitrogen and oxygen atoms in total. The van der Waals surface area contributed by atoms with Crippen LogP contribution >= 0.6 is 22.6 Å². The second-order valence-corrected chi connectivity index (χ2v) is 4.88. The van der Waals surface area contributed by atoms with E-state index >= 15 is 0 Å². The van der Waals surface area contributed by atoms with Gasteiger partial charge in [-0.1, -0.05) is 27.2 Å². The highest BCUT2D eigenvalue weighted by Crippen LogP contribution is 2.37. The average molecular weight is 310 g/mol. The maximum Gasteiger partial charge on any atom is 0.170 e. The largest absolute Gasteiger partial charge is 0.455 e. The molecule has 0 N–H and O–H groups in total. The lowest BCUT2D eigenvalue weighted by Crippen LogP contribution is -2.22. The van der Waals surface area contributed by atoms with E-state index in [2.05, 4.69) is 43.4 Å². The second kappa shape index (κ2) is 4.64. The SMILES string of the molecule is CCCC(C)(CC)c1c(F)coc1I. The summed E-state index contributed by atoms with van der Waals surface area (Å²) in [6, 6.07) is 0. The lowest BCUT2D eigenvalue weighted by molar-refractivity contribution is 0.390. The molecule has 0 radical (unpaired) electrons. The van der Waals surface area contributed by atoms with E-state index in [-0.39, 0.29) is 11.2 Å². The van der Waals surface area contributed by atoms with E-state index in [1.54, 1.807) is 0 Å². The van der Waals surface area contributed by atoms with Crippen LogP contribution in [0.3, 0.4) is 0 Å². The van der Waals surface area contributed by atoms with Gasteiger partial charge in [-0.3, -0.25) is 0 Å². The Morgan fingerprint density at radius 3 is 2.50 bits per heavy atom. The number of hydrogen-bond acceptors (Lipinski definition) is 1. The van der Waals surface area contributed by atoms with Crippen LogP contribution in [0, 0.1) is 9.58 Å². The molecule has 80 valence electrons. The summed E-state index contributed by atoms with van der Waals surface area (Å²) in [5.74, 6) is -0.202. The molecule has 0 saturated heterocycles. The molecule has 0 amide bonds. The first-order chi connectivity index (χ1) is 6.55. The Morgan fingerprint density at radius 1 is 1.50 bits per heavy atom. The van der Waals surface area contributed by atoms with E-state index in [0.29, 0.717) is 3.77 Å². The van der Waals surface area contributed by atoms with Gasteiger partial charge in [0.05, 0.1) is 0 Å². The summed E-state index contributed by atoms with van der Waals surface area (Å²) in [4.78, 5) is 0. The smallest absolute Gasteiger partial charge is 0.170 e. The Balaban J connectivity index is 3.11. The number of halogens is 2. The molecule has 1 unspecified atom stereocenters. The molecule has 0 saturated carbocycles. The second-order valence-electron chi connectivity index (χ2n) is 3.90. The first kappa shape index (κ1) is 12.0. The fourth-order valence-corrected chi connectivity index (χ4v) is 2.91. The maximum atomic E-state index is 13.5. The van der Waals surface area contributed by atoms with Crippen LogP contribution in [0.4, 0.5) is 4.39 Å². The summed E-state index contributed by atoms with van der Waals surface area (Å²) in [6.45, 7) is 6.32. The molecule has 0 bridgehead atoms. The zero-order valence-corrected chi connectivity index (χ0v) is 11.0. The summed E-state index contributed by atoms with van der Waals surface area (Å²) in [7, 11) is 0. The Labute approximate surface area is 98.2 Å². The molecule has 0 aliphatic carbocycles. The van der Waals surface area contributed by atoms with E-state index in [4.69, 9.17) is 4.42 Å². The third-order valence-corrected chi connectivity index (χ3v) is 3.68. The summed E-state index contributed by atoms with van der Waals surface area (Å²) in [5, 5.41) is 0. The lowest BCUT2D eigenvalue weighted by Gasteiger charge is -2.27. The minimum atomic E-state index is -0.202. The van der Waals surface area contributed by atoms with Crippen molar-refractivity contribution in [1.29, 1.82) is 0 Å². The summed E-state index contributed by atoms with van der Waals surface area (Å²) >= 11 is 2.06. The van der Waals surface area contributed by atoms with Gasteiger partial charge < -0.3 is 4.42 Å². The molecule has 3 heteroatoms. The van der Waals surface area contributed by atoms with Crippen LogP contribution in [0.2, 0.25) is 0 Å². The van der Waals surface area contributed by atoms with Crippen LogP contribution in [0.5, 0.6) is 0 Å². The van der Waals surface area contributed by atoms with Crippen molar-refractivity contribution in [3.63, 3.8) is 0 Å². The molecule has 0 aliphatic heterocycles. The van der Waals surface area contributed by atoms with E-state index in [1.807, 2.05) is 0 Å². The zero-order valence-electron chi connectivity index (χ0n) is 8.86. The van der Waals surface area contributed by atoms with Crippen molar-refractivity contribution in [3.8, 4) is 0 Å². The van der Waals surface area contributed by atoms with Gasteiger partial charge in [0.1, 0.15) is 6.26 Å². The summed E-state index contributed by atoms with van der Waals surface area (Å²) in [6.07, 6.45) is 4.20. The van der Waals surface area contributed by atoms with Gasteiger partial charge in [-0.25, -0.2) is 4.39 Å². The molecular weight excluding hydrogens is 294 g/mol. The van der Waals surface area contributed by atoms with Crippen molar-refractivity contribution in [2.45, 2.75) is 45.4 Å². The highest BCUT2D eigenvalue weighted by molar-refractivity contribution is 14.1. The van der Waals surface area contributed by atoms with Gasteiger partial charge in [0.15, 0.2) is 9.58 Å².